The van der Waals surface area contributed by atoms with E-state index < -0.39 is 12.1 Å². The summed E-state index contributed by atoms with van der Waals surface area (Å²) in [5, 5.41) is 10.4. The minimum Gasteiger partial charge on any atom is -0.475 e. The van der Waals surface area contributed by atoms with Gasteiger partial charge in [-0.1, -0.05) is 30.3 Å². The van der Waals surface area contributed by atoms with E-state index in [1.807, 2.05) is 23.1 Å². The number of carboxylic acids is 1. The number of amides is 2. The van der Waals surface area contributed by atoms with Crippen LogP contribution >= 0.6 is 0 Å². The van der Waals surface area contributed by atoms with E-state index in [0.29, 0.717) is 25.1 Å². The van der Waals surface area contributed by atoms with Crippen molar-refractivity contribution >= 4 is 17.8 Å². The molecule has 0 saturated carbocycles. The summed E-state index contributed by atoms with van der Waals surface area (Å²) in [7, 11) is 0. The highest BCUT2D eigenvalue weighted by Crippen LogP contribution is 2.43. The van der Waals surface area contributed by atoms with Crippen molar-refractivity contribution < 1.29 is 32.7 Å². The first-order chi connectivity index (χ1) is 15.1. The molecule has 2 N–H and O–H groups in total. The smallest absolute Gasteiger partial charge is 0.475 e. The van der Waals surface area contributed by atoms with E-state index in [1.54, 1.807) is 24.5 Å². The molecule has 170 valence electrons. The number of benzene rings is 1. The number of aliphatic carboxylic acids is 1. The lowest BCUT2D eigenvalue weighted by atomic mass is 9.74. The quantitative estimate of drug-likeness (QED) is 0.735. The number of alkyl halides is 3. The van der Waals surface area contributed by atoms with Crippen LogP contribution in [-0.4, -0.2) is 57.6 Å². The highest BCUT2D eigenvalue weighted by Gasteiger charge is 2.49. The summed E-state index contributed by atoms with van der Waals surface area (Å²) >= 11 is 0. The molecule has 1 aromatic carbocycles. The summed E-state index contributed by atoms with van der Waals surface area (Å²) in [6, 6.07) is 13.7. The Morgan fingerprint density at radius 1 is 1.06 bits per heavy atom. The summed E-state index contributed by atoms with van der Waals surface area (Å²) in [5.74, 6) is -2.42. The molecule has 1 aromatic heterocycles. The maximum atomic E-state index is 12.6. The van der Waals surface area contributed by atoms with Crippen molar-refractivity contribution in [3.05, 3.63) is 66.0 Å². The number of likely N-dealkylation sites (tertiary alicyclic amines) is 1. The molecular weight excluding hydrogens is 427 g/mol. The van der Waals surface area contributed by atoms with Crippen LogP contribution in [0.15, 0.2) is 54.9 Å². The van der Waals surface area contributed by atoms with Crippen molar-refractivity contribution in [2.75, 3.05) is 13.1 Å². The van der Waals surface area contributed by atoms with Crippen LogP contribution in [0.1, 0.15) is 41.1 Å². The molecule has 2 saturated heterocycles. The molecular formula is C22H22F3N3O4. The second-order valence-electron chi connectivity index (χ2n) is 7.70. The van der Waals surface area contributed by atoms with Crippen LogP contribution in [0.2, 0.25) is 0 Å². The van der Waals surface area contributed by atoms with Crippen LogP contribution in [0.25, 0.3) is 0 Å². The van der Waals surface area contributed by atoms with Gasteiger partial charge in [0.05, 0.1) is 5.54 Å². The third-order valence-electron chi connectivity index (χ3n) is 5.76. The summed E-state index contributed by atoms with van der Waals surface area (Å²) < 4.78 is 31.7. The molecule has 2 fully saturated rings. The van der Waals surface area contributed by atoms with Crippen molar-refractivity contribution in [2.24, 2.45) is 0 Å². The van der Waals surface area contributed by atoms with E-state index in [1.165, 1.54) is 5.56 Å². The molecule has 2 aliphatic heterocycles. The average molecular weight is 449 g/mol. The Kier molecular flexibility index (Phi) is 6.81. The number of piperidine rings is 1. The number of carbonyl (C=O) groups excluding carboxylic acids is 2. The summed E-state index contributed by atoms with van der Waals surface area (Å²) in [5.41, 5.74) is 1.64. The summed E-state index contributed by atoms with van der Waals surface area (Å²) in [6.45, 7) is 1.32. The Morgan fingerprint density at radius 3 is 2.16 bits per heavy atom. The largest absolute Gasteiger partial charge is 0.490 e. The van der Waals surface area contributed by atoms with Crippen LogP contribution in [0.4, 0.5) is 13.2 Å². The normalized spacial score (nSPS) is 19.7. The Morgan fingerprint density at radius 2 is 1.62 bits per heavy atom. The van der Waals surface area contributed by atoms with E-state index in [9.17, 15) is 22.8 Å². The molecule has 0 radical (unpaired) electrons. The van der Waals surface area contributed by atoms with Crippen LogP contribution in [-0.2, 0) is 9.59 Å². The Hall–Kier alpha value is -3.43. The third-order valence-corrected chi connectivity index (χ3v) is 5.76. The zero-order valence-electron chi connectivity index (χ0n) is 17.0. The van der Waals surface area contributed by atoms with E-state index in [2.05, 4.69) is 22.4 Å². The number of rotatable bonds is 2. The van der Waals surface area contributed by atoms with Gasteiger partial charge in [0, 0.05) is 43.4 Å². The van der Waals surface area contributed by atoms with E-state index in [-0.39, 0.29) is 23.3 Å². The molecule has 1 unspecified atom stereocenters. The van der Waals surface area contributed by atoms with Gasteiger partial charge in [-0.15, -0.1) is 0 Å². The minimum absolute atomic E-state index is 0.0397. The number of aromatic nitrogens is 1. The molecule has 7 nitrogen and oxygen atoms in total. The first-order valence-corrected chi connectivity index (χ1v) is 9.98. The van der Waals surface area contributed by atoms with E-state index in [0.717, 1.165) is 12.8 Å². The molecule has 10 heteroatoms. The van der Waals surface area contributed by atoms with Gasteiger partial charge in [0.2, 0.25) is 5.91 Å². The Balaban J connectivity index is 0.000000360. The van der Waals surface area contributed by atoms with Gasteiger partial charge in [-0.2, -0.15) is 13.2 Å². The molecule has 2 amide bonds. The summed E-state index contributed by atoms with van der Waals surface area (Å²) in [6.07, 6.45) is 0.301. The first kappa shape index (κ1) is 23.2. The average Bonchev–Trinajstić information content (AvgIpc) is 3.10. The molecule has 3 heterocycles. The summed E-state index contributed by atoms with van der Waals surface area (Å²) in [4.78, 5) is 39.5. The minimum atomic E-state index is -5.08. The fourth-order valence-electron chi connectivity index (χ4n) is 4.18. The maximum Gasteiger partial charge on any atom is 0.490 e. The lowest BCUT2D eigenvalue weighted by molar-refractivity contribution is -0.192. The number of halogens is 3. The maximum absolute atomic E-state index is 12.6. The predicted octanol–water partition coefficient (Wildman–Crippen LogP) is 2.99. The number of carbonyl (C=O) groups is 3. The number of pyridine rings is 1. The fourth-order valence-corrected chi connectivity index (χ4v) is 4.18. The van der Waals surface area contributed by atoms with Gasteiger partial charge in [-0.3, -0.25) is 14.6 Å². The highest BCUT2D eigenvalue weighted by molar-refractivity contribution is 5.94. The van der Waals surface area contributed by atoms with Crippen molar-refractivity contribution in [3.63, 3.8) is 0 Å². The van der Waals surface area contributed by atoms with E-state index >= 15 is 0 Å². The monoisotopic (exact) mass is 449 g/mol. The van der Waals surface area contributed by atoms with E-state index in [4.69, 9.17) is 9.90 Å². The lowest BCUT2D eigenvalue weighted by Crippen LogP contribution is -2.54. The third kappa shape index (κ3) is 5.24. The standard InChI is InChI=1S/C20H21N3O2.C2HF3O2/c24-18-14-17(15-4-2-1-3-5-15)20(22-18)8-12-23(13-9-20)19(25)16-6-10-21-11-7-16;3-2(4,5)1(6)7/h1-7,10-11,17H,8-9,12-14H2,(H,22,24);(H,6,7). The molecule has 0 aliphatic carbocycles. The predicted molar refractivity (Wildman–Crippen MR) is 108 cm³/mol. The highest BCUT2D eigenvalue weighted by atomic mass is 19.4. The van der Waals surface area contributed by atoms with Gasteiger partial charge in [-0.05, 0) is 30.5 Å². The Labute approximate surface area is 182 Å². The molecule has 2 aromatic rings. The molecule has 4 rings (SSSR count). The molecule has 0 bridgehead atoms. The van der Waals surface area contributed by atoms with Crippen molar-refractivity contribution in [2.45, 2.75) is 36.9 Å². The zero-order chi connectivity index (χ0) is 23.4. The van der Waals surface area contributed by atoms with Crippen LogP contribution in [0.5, 0.6) is 0 Å². The van der Waals surface area contributed by atoms with Crippen molar-refractivity contribution in [3.8, 4) is 0 Å². The van der Waals surface area contributed by atoms with Crippen LogP contribution in [0, 0.1) is 0 Å². The molecule has 1 spiro atoms. The number of hydrogen-bond donors (Lipinski definition) is 2. The molecule has 32 heavy (non-hydrogen) atoms. The van der Waals surface area contributed by atoms with Gasteiger partial charge in [0.15, 0.2) is 0 Å². The van der Waals surface area contributed by atoms with Gasteiger partial charge in [0.25, 0.3) is 5.91 Å². The fraction of sp³-hybridized carbons (Fsp3) is 0.364. The topological polar surface area (TPSA) is 99.6 Å². The SMILES string of the molecule is O=C(O)C(F)(F)F.O=C1CC(c2ccccc2)C2(CCN(C(=O)c3ccncc3)CC2)N1. The number of nitrogens with one attached hydrogen (secondary N) is 1. The van der Waals surface area contributed by atoms with Crippen LogP contribution < -0.4 is 5.32 Å². The van der Waals surface area contributed by atoms with Crippen LogP contribution in [0.3, 0.4) is 0 Å². The zero-order valence-corrected chi connectivity index (χ0v) is 17.0. The number of carboxylic acid groups (broad SMARTS) is 1. The molecule has 1 atom stereocenters. The first-order valence-electron chi connectivity index (χ1n) is 9.98. The second-order valence-corrected chi connectivity index (χ2v) is 7.70. The number of nitrogens with zero attached hydrogens (tertiary/aromatic N) is 2. The Bertz CT molecular complexity index is 959. The lowest BCUT2D eigenvalue weighted by Gasteiger charge is -2.43. The van der Waals surface area contributed by atoms with Gasteiger partial charge < -0.3 is 15.3 Å². The number of hydrogen-bond acceptors (Lipinski definition) is 4. The van der Waals surface area contributed by atoms with Gasteiger partial charge >= 0.3 is 12.1 Å². The second kappa shape index (κ2) is 9.37. The van der Waals surface area contributed by atoms with Gasteiger partial charge in [0.1, 0.15) is 0 Å². The van der Waals surface area contributed by atoms with Crippen molar-refractivity contribution in [1.29, 1.82) is 0 Å². The van der Waals surface area contributed by atoms with Crippen molar-refractivity contribution in [1.82, 2.24) is 15.2 Å². The van der Waals surface area contributed by atoms with Gasteiger partial charge in [-0.25, -0.2) is 4.79 Å². The molecule has 2 aliphatic rings.